The van der Waals surface area contributed by atoms with E-state index in [9.17, 15) is 9.59 Å². The molecule has 1 fully saturated rings. The van der Waals surface area contributed by atoms with E-state index in [1.165, 1.54) is 13.1 Å². The third-order valence-electron chi connectivity index (χ3n) is 5.85. The summed E-state index contributed by atoms with van der Waals surface area (Å²) in [5.74, 6) is 0.452. The van der Waals surface area contributed by atoms with Crippen LogP contribution in [0.1, 0.15) is 41.9 Å². The van der Waals surface area contributed by atoms with E-state index >= 15 is 0 Å². The first kappa shape index (κ1) is 20.3. The van der Waals surface area contributed by atoms with Crippen molar-refractivity contribution >= 4 is 34.7 Å². The van der Waals surface area contributed by atoms with Gasteiger partial charge in [-0.2, -0.15) is 4.98 Å². The standard InChI is InChI=1S/C23H21ClN6O2/c1-14(31)16-12-26-23(25)27-21(16)29-10-5-8-18(29)19-13-28-11-9-17(24)20(28)22(32)30(19)15-6-3-2-4-7-15/h2-4,6-7,9,11-13,18H,5,8,10H2,1H3,(H2,25,26,27). The Morgan fingerprint density at radius 3 is 2.75 bits per heavy atom. The number of halogens is 1. The summed E-state index contributed by atoms with van der Waals surface area (Å²) in [6.45, 7) is 2.16. The number of anilines is 2. The second-order valence-electron chi connectivity index (χ2n) is 7.82. The summed E-state index contributed by atoms with van der Waals surface area (Å²) in [6.07, 6.45) is 6.83. The number of ketones is 1. The van der Waals surface area contributed by atoms with Crippen LogP contribution in [0.15, 0.2) is 59.8 Å². The molecule has 1 aromatic carbocycles. The maximum Gasteiger partial charge on any atom is 0.281 e. The Labute approximate surface area is 188 Å². The number of para-hydroxylation sites is 1. The van der Waals surface area contributed by atoms with Crippen LogP contribution in [0.5, 0.6) is 0 Å². The topological polar surface area (TPSA) is 98.5 Å². The highest BCUT2D eigenvalue weighted by molar-refractivity contribution is 6.33. The molecule has 4 heterocycles. The van der Waals surface area contributed by atoms with Crippen molar-refractivity contribution in [3.8, 4) is 5.69 Å². The van der Waals surface area contributed by atoms with Gasteiger partial charge >= 0.3 is 0 Å². The Morgan fingerprint density at radius 2 is 2.00 bits per heavy atom. The van der Waals surface area contributed by atoms with Gasteiger partial charge < -0.3 is 15.0 Å². The lowest BCUT2D eigenvalue weighted by atomic mass is 10.1. The minimum atomic E-state index is -0.204. The number of Topliss-reactive ketones (excluding diaryl/α,β-unsaturated/α-hetero) is 1. The van der Waals surface area contributed by atoms with Crippen molar-refractivity contribution in [2.75, 3.05) is 17.2 Å². The number of benzene rings is 1. The molecule has 0 saturated carbocycles. The zero-order chi connectivity index (χ0) is 22.4. The van der Waals surface area contributed by atoms with Gasteiger partial charge in [-0.25, -0.2) is 4.98 Å². The van der Waals surface area contributed by atoms with Gasteiger partial charge in [0.15, 0.2) is 5.78 Å². The van der Waals surface area contributed by atoms with E-state index in [4.69, 9.17) is 17.3 Å². The SMILES string of the molecule is CC(=O)c1cnc(N)nc1N1CCCC1c1cn2ccc(Cl)c2c(=O)n1-c1ccccc1. The summed E-state index contributed by atoms with van der Waals surface area (Å²) in [6, 6.07) is 11.0. The second kappa shape index (κ2) is 7.80. The molecule has 9 heteroatoms. The van der Waals surface area contributed by atoms with Gasteiger partial charge in [-0.1, -0.05) is 29.8 Å². The van der Waals surface area contributed by atoms with Crippen LogP contribution in [-0.2, 0) is 0 Å². The van der Waals surface area contributed by atoms with E-state index in [0.717, 1.165) is 24.2 Å². The predicted octanol–water partition coefficient (Wildman–Crippen LogP) is 3.66. The number of fused-ring (bicyclic) bond motifs is 1. The molecule has 32 heavy (non-hydrogen) atoms. The highest BCUT2D eigenvalue weighted by Crippen LogP contribution is 2.37. The molecule has 0 aliphatic carbocycles. The summed E-state index contributed by atoms with van der Waals surface area (Å²) in [4.78, 5) is 36.3. The van der Waals surface area contributed by atoms with Crippen molar-refractivity contribution in [1.29, 1.82) is 0 Å². The number of rotatable bonds is 4. The van der Waals surface area contributed by atoms with Crippen molar-refractivity contribution in [3.05, 3.63) is 81.6 Å². The third-order valence-corrected chi connectivity index (χ3v) is 6.15. The fraction of sp³-hybridized carbons (Fsp3) is 0.217. The van der Waals surface area contributed by atoms with Crippen molar-refractivity contribution in [2.24, 2.45) is 0 Å². The molecule has 1 saturated heterocycles. The Balaban J connectivity index is 1.75. The molecule has 1 aliphatic rings. The van der Waals surface area contributed by atoms with Gasteiger partial charge in [0, 0.05) is 30.8 Å². The van der Waals surface area contributed by atoms with Gasteiger partial charge in [0.2, 0.25) is 5.95 Å². The Kier molecular flexibility index (Phi) is 4.94. The van der Waals surface area contributed by atoms with Gasteiger partial charge in [0.05, 0.1) is 22.3 Å². The van der Waals surface area contributed by atoms with Crippen LogP contribution in [0, 0.1) is 0 Å². The van der Waals surface area contributed by atoms with Crippen LogP contribution >= 0.6 is 11.6 Å². The van der Waals surface area contributed by atoms with Crippen LogP contribution in [0.2, 0.25) is 5.02 Å². The maximum atomic E-state index is 13.6. The maximum absolute atomic E-state index is 13.6. The van der Waals surface area contributed by atoms with Crippen LogP contribution < -0.4 is 16.2 Å². The van der Waals surface area contributed by atoms with Crippen molar-refractivity contribution in [3.63, 3.8) is 0 Å². The van der Waals surface area contributed by atoms with Gasteiger partial charge in [-0.05, 0) is 38.0 Å². The van der Waals surface area contributed by atoms with Gasteiger partial charge in [0.1, 0.15) is 11.3 Å². The van der Waals surface area contributed by atoms with Crippen LogP contribution in [-0.4, -0.2) is 31.3 Å². The second-order valence-corrected chi connectivity index (χ2v) is 8.23. The lowest BCUT2D eigenvalue weighted by Gasteiger charge is -2.29. The minimum absolute atomic E-state index is 0.101. The Hall–Kier alpha value is -3.65. The number of carbonyl (C=O) groups excluding carboxylic acids is 1. The highest BCUT2D eigenvalue weighted by Gasteiger charge is 2.33. The summed E-state index contributed by atoms with van der Waals surface area (Å²) in [7, 11) is 0. The summed E-state index contributed by atoms with van der Waals surface area (Å²) in [5, 5.41) is 0.400. The molecule has 162 valence electrons. The van der Waals surface area contributed by atoms with Crippen molar-refractivity contribution < 1.29 is 4.79 Å². The van der Waals surface area contributed by atoms with Gasteiger partial charge in [-0.3, -0.25) is 14.2 Å². The molecule has 4 aromatic rings. The first-order valence-corrected chi connectivity index (χ1v) is 10.7. The molecule has 0 radical (unpaired) electrons. The predicted molar refractivity (Wildman–Crippen MR) is 124 cm³/mol. The lowest BCUT2D eigenvalue weighted by Crippen LogP contribution is -2.32. The lowest BCUT2D eigenvalue weighted by molar-refractivity contribution is 0.101. The normalized spacial score (nSPS) is 16.1. The van der Waals surface area contributed by atoms with E-state index in [1.807, 2.05) is 41.4 Å². The zero-order valence-corrected chi connectivity index (χ0v) is 18.2. The first-order chi connectivity index (χ1) is 15.5. The number of nitrogen functional groups attached to an aromatic ring is 1. The smallest absolute Gasteiger partial charge is 0.281 e. The van der Waals surface area contributed by atoms with E-state index in [-0.39, 0.29) is 23.3 Å². The van der Waals surface area contributed by atoms with Gasteiger partial charge in [0.25, 0.3) is 5.56 Å². The van der Waals surface area contributed by atoms with E-state index in [1.54, 1.807) is 21.2 Å². The average Bonchev–Trinajstić information content (AvgIpc) is 3.41. The number of hydrogen-bond donors (Lipinski definition) is 1. The Bertz CT molecular complexity index is 1400. The van der Waals surface area contributed by atoms with E-state index in [0.29, 0.717) is 28.5 Å². The minimum Gasteiger partial charge on any atom is -0.368 e. The monoisotopic (exact) mass is 448 g/mol. The van der Waals surface area contributed by atoms with Gasteiger partial charge in [-0.15, -0.1) is 0 Å². The first-order valence-electron chi connectivity index (χ1n) is 10.3. The zero-order valence-electron chi connectivity index (χ0n) is 17.4. The highest BCUT2D eigenvalue weighted by atomic mass is 35.5. The number of hydrogen-bond acceptors (Lipinski definition) is 6. The Morgan fingerprint density at radius 1 is 1.22 bits per heavy atom. The molecular formula is C23H21ClN6O2. The van der Waals surface area contributed by atoms with Crippen LogP contribution in [0.4, 0.5) is 11.8 Å². The molecule has 0 bridgehead atoms. The van der Waals surface area contributed by atoms with Crippen molar-refractivity contribution in [2.45, 2.75) is 25.8 Å². The fourth-order valence-corrected chi connectivity index (χ4v) is 4.66. The summed E-state index contributed by atoms with van der Waals surface area (Å²) < 4.78 is 3.46. The summed E-state index contributed by atoms with van der Waals surface area (Å²) >= 11 is 6.33. The third kappa shape index (κ3) is 3.23. The number of nitrogens with zero attached hydrogens (tertiary/aromatic N) is 5. The summed E-state index contributed by atoms with van der Waals surface area (Å²) in [5.41, 5.74) is 8.01. The quantitative estimate of drug-likeness (QED) is 0.478. The van der Waals surface area contributed by atoms with E-state index < -0.39 is 0 Å². The number of nitrogens with two attached hydrogens (primary N) is 1. The molecule has 1 aliphatic heterocycles. The average molecular weight is 449 g/mol. The molecule has 3 aromatic heterocycles. The number of carbonyl (C=O) groups is 1. The fourth-order valence-electron chi connectivity index (χ4n) is 4.43. The van der Waals surface area contributed by atoms with E-state index in [2.05, 4.69) is 9.97 Å². The van der Waals surface area contributed by atoms with Crippen LogP contribution in [0.3, 0.4) is 0 Å². The molecule has 5 rings (SSSR count). The molecule has 0 amide bonds. The van der Waals surface area contributed by atoms with Crippen molar-refractivity contribution in [1.82, 2.24) is 18.9 Å². The molecule has 1 atom stereocenters. The molecular weight excluding hydrogens is 428 g/mol. The largest absolute Gasteiger partial charge is 0.368 e. The molecule has 2 N–H and O–H groups in total. The molecule has 0 spiro atoms. The number of aromatic nitrogens is 4. The molecule has 1 unspecified atom stereocenters. The molecule has 8 nitrogen and oxygen atoms in total. The van der Waals surface area contributed by atoms with Crippen LogP contribution in [0.25, 0.3) is 11.2 Å².